The van der Waals surface area contributed by atoms with E-state index in [1.165, 1.54) is 0 Å². The number of hydrogen-bond acceptors (Lipinski definition) is 4. The number of nitrogens with one attached hydrogen (secondary N) is 1. The number of anilines is 2. The van der Waals surface area contributed by atoms with Crippen molar-refractivity contribution in [3.8, 4) is 0 Å². The highest BCUT2D eigenvalue weighted by molar-refractivity contribution is 6.02. The highest BCUT2D eigenvalue weighted by Gasteiger charge is 2.08. The fraction of sp³-hybridized carbons (Fsp3) is 0.0833. The smallest absolute Gasteiger partial charge is 0.275 e. The van der Waals surface area contributed by atoms with E-state index in [4.69, 9.17) is 5.73 Å². The second-order valence-electron chi connectivity index (χ2n) is 3.62. The van der Waals surface area contributed by atoms with Crippen LogP contribution in [0.4, 0.5) is 11.6 Å². The molecule has 0 bridgehead atoms. The molecule has 0 aromatic carbocycles. The number of aromatic nitrogens is 2. The molecule has 2 heterocycles. The summed E-state index contributed by atoms with van der Waals surface area (Å²) in [7, 11) is 0. The van der Waals surface area contributed by atoms with E-state index in [0.717, 1.165) is 5.56 Å². The fourth-order valence-electron chi connectivity index (χ4n) is 1.36. The number of rotatable bonds is 2. The van der Waals surface area contributed by atoms with E-state index in [1.807, 2.05) is 13.0 Å². The van der Waals surface area contributed by atoms with Crippen molar-refractivity contribution >= 4 is 17.5 Å². The minimum Gasteiger partial charge on any atom is -0.384 e. The number of hydrogen-bond donors (Lipinski definition) is 2. The monoisotopic (exact) mass is 228 g/mol. The second kappa shape index (κ2) is 4.61. The van der Waals surface area contributed by atoms with Gasteiger partial charge in [0.15, 0.2) is 0 Å². The summed E-state index contributed by atoms with van der Waals surface area (Å²) in [4.78, 5) is 19.8. The lowest BCUT2D eigenvalue weighted by molar-refractivity contribution is 0.102. The Morgan fingerprint density at radius 1 is 1.35 bits per heavy atom. The number of nitrogens with two attached hydrogens (primary N) is 1. The van der Waals surface area contributed by atoms with Crippen molar-refractivity contribution in [3.05, 3.63) is 47.8 Å². The maximum atomic E-state index is 11.8. The predicted molar refractivity (Wildman–Crippen MR) is 65.6 cm³/mol. The van der Waals surface area contributed by atoms with Gasteiger partial charge in [0.05, 0.1) is 0 Å². The molecule has 0 unspecified atom stereocenters. The first-order valence-corrected chi connectivity index (χ1v) is 5.12. The lowest BCUT2D eigenvalue weighted by atomic mass is 10.3. The first-order valence-electron chi connectivity index (χ1n) is 5.12. The molecule has 5 heteroatoms. The summed E-state index contributed by atoms with van der Waals surface area (Å²) in [6.07, 6.45) is 1.64. The molecule has 86 valence electrons. The van der Waals surface area contributed by atoms with E-state index >= 15 is 0 Å². The fourth-order valence-corrected chi connectivity index (χ4v) is 1.36. The number of aryl methyl sites for hydroxylation is 1. The van der Waals surface area contributed by atoms with Crippen molar-refractivity contribution in [1.82, 2.24) is 9.97 Å². The van der Waals surface area contributed by atoms with Crippen LogP contribution in [0.3, 0.4) is 0 Å². The SMILES string of the molecule is Cc1ccnc(NC(=O)c2cccc(N)n2)c1. The minimum atomic E-state index is -0.324. The van der Waals surface area contributed by atoms with E-state index in [-0.39, 0.29) is 11.6 Å². The van der Waals surface area contributed by atoms with Crippen molar-refractivity contribution in [2.24, 2.45) is 0 Å². The van der Waals surface area contributed by atoms with Crippen LogP contribution in [0.1, 0.15) is 16.1 Å². The average Bonchev–Trinajstić information content (AvgIpc) is 2.29. The van der Waals surface area contributed by atoms with Gasteiger partial charge in [-0.15, -0.1) is 0 Å². The minimum absolute atomic E-state index is 0.272. The van der Waals surface area contributed by atoms with Gasteiger partial charge in [-0.1, -0.05) is 6.07 Å². The third kappa shape index (κ3) is 2.78. The Bertz CT molecular complexity index is 554. The Hall–Kier alpha value is -2.43. The third-order valence-electron chi connectivity index (χ3n) is 2.16. The van der Waals surface area contributed by atoms with Gasteiger partial charge in [-0.3, -0.25) is 4.79 Å². The third-order valence-corrected chi connectivity index (χ3v) is 2.16. The molecule has 2 aromatic heterocycles. The van der Waals surface area contributed by atoms with Gasteiger partial charge in [0.1, 0.15) is 17.3 Å². The van der Waals surface area contributed by atoms with E-state index in [9.17, 15) is 4.79 Å². The van der Waals surface area contributed by atoms with Gasteiger partial charge in [0.25, 0.3) is 5.91 Å². The number of carbonyl (C=O) groups is 1. The van der Waals surface area contributed by atoms with Crippen LogP contribution in [-0.4, -0.2) is 15.9 Å². The van der Waals surface area contributed by atoms with Gasteiger partial charge in [0, 0.05) is 6.20 Å². The number of nitrogens with zero attached hydrogens (tertiary/aromatic N) is 2. The maximum absolute atomic E-state index is 11.8. The van der Waals surface area contributed by atoms with Crippen LogP contribution in [0.5, 0.6) is 0 Å². The van der Waals surface area contributed by atoms with Gasteiger partial charge in [-0.2, -0.15) is 0 Å². The quantitative estimate of drug-likeness (QED) is 0.818. The molecular formula is C12H12N4O. The summed E-state index contributed by atoms with van der Waals surface area (Å²) < 4.78 is 0. The molecule has 0 spiro atoms. The van der Waals surface area contributed by atoms with Crippen molar-refractivity contribution in [2.75, 3.05) is 11.1 Å². The summed E-state index contributed by atoms with van der Waals surface area (Å²) in [5, 5.41) is 2.66. The number of nitrogen functional groups attached to an aromatic ring is 1. The lowest BCUT2D eigenvalue weighted by Gasteiger charge is -2.04. The zero-order valence-corrected chi connectivity index (χ0v) is 9.34. The Morgan fingerprint density at radius 3 is 2.88 bits per heavy atom. The molecule has 5 nitrogen and oxygen atoms in total. The van der Waals surface area contributed by atoms with Crippen LogP contribution >= 0.6 is 0 Å². The largest absolute Gasteiger partial charge is 0.384 e. The van der Waals surface area contributed by atoms with Crippen LogP contribution in [-0.2, 0) is 0 Å². The van der Waals surface area contributed by atoms with Gasteiger partial charge in [0.2, 0.25) is 0 Å². The molecule has 0 aliphatic rings. The molecule has 2 rings (SSSR count). The first-order chi connectivity index (χ1) is 8.15. The molecule has 0 atom stereocenters. The van der Waals surface area contributed by atoms with Gasteiger partial charge in [-0.25, -0.2) is 9.97 Å². The van der Waals surface area contributed by atoms with Crippen LogP contribution in [0.25, 0.3) is 0 Å². The number of amides is 1. The van der Waals surface area contributed by atoms with Crippen LogP contribution in [0.15, 0.2) is 36.5 Å². The van der Waals surface area contributed by atoms with E-state index in [1.54, 1.807) is 30.5 Å². The molecule has 0 fully saturated rings. The molecule has 0 aliphatic carbocycles. The molecule has 1 amide bonds. The molecule has 17 heavy (non-hydrogen) atoms. The van der Waals surface area contributed by atoms with Crippen LogP contribution in [0.2, 0.25) is 0 Å². The summed E-state index contributed by atoms with van der Waals surface area (Å²) >= 11 is 0. The Balaban J connectivity index is 2.17. The molecule has 2 aromatic rings. The second-order valence-corrected chi connectivity index (χ2v) is 3.62. The molecule has 0 saturated carbocycles. The van der Waals surface area contributed by atoms with Crippen molar-refractivity contribution < 1.29 is 4.79 Å². The topological polar surface area (TPSA) is 80.9 Å². The van der Waals surface area contributed by atoms with Gasteiger partial charge in [-0.05, 0) is 36.8 Å². The van der Waals surface area contributed by atoms with Crippen LogP contribution < -0.4 is 11.1 Å². The summed E-state index contributed by atoms with van der Waals surface area (Å²) in [5.74, 6) is 0.490. The molecule has 0 saturated heterocycles. The molecule has 0 aliphatic heterocycles. The number of carbonyl (C=O) groups excluding carboxylic acids is 1. The van der Waals surface area contributed by atoms with Crippen molar-refractivity contribution in [2.45, 2.75) is 6.92 Å². The lowest BCUT2D eigenvalue weighted by Crippen LogP contribution is -2.15. The van der Waals surface area contributed by atoms with Crippen LogP contribution in [0, 0.1) is 6.92 Å². The highest BCUT2D eigenvalue weighted by Crippen LogP contribution is 2.08. The van der Waals surface area contributed by atoms with Gasteiger partial charge >= 0.3 is 0 Å². The maximum Gasteiger partial charge on any atom is 0.275 e. The number of pyridine rings is 2. The zero-order valence-electron chi connectivity index (χ0n) is 9.34. The Labute approximate surface area is 98.7 Å². The van der Waals surface area contributed by atoms with Gasteiger partial charge < -0.3 is 11.1 Å². The Kier molecular flexibility index (Phi) is 3.00. The molecule has 0 radical (unpaired) electrons. The van der Waals surface area contributed by atoms with E-state index in [0.29, 0.717) is 11.6 Å². The first kappa shape index (κ1) is 11.1. The van der Waals surface area contributed by atoms with Crippen molar-refractivity contribution in [1.29, 1.82) is 0 Å². The standard InChI is InChI=1S/C12H12N4O/c1-8-5-6-14-11(7-8)16-12(17)9-3-2-4-10(13)15-9/h2-7H,1H3,(H2,13,15)(H,14,16,17). The highest BCUT2D eigenvalue weighted by atomic mass is 16.1. The summed E-state index contributed by atoms with van der Waals surface area (Å²) in [6, 6.07) is 8.54. The average molecular weight is 228 g/mol. The molecular weight excluding hydrogens is 216 g/mol. The summed E-state index contributed by atoms with van der Waals surface area (Å²) in [6.45, 7) is 1.93. The zero-order chi connectivity index (χ0) is 12.3. The Morgan fingerprint density at radius 2 is 2.18 bits per heavy atom. The molecule has 3 N–H and O–H groups in total. The summed E-state index contributed by atoms with van der Waals surface area (Å²) in [5.41, 5.74) is 6.80. The predicted octanol–water partition coefficient (Wildman–Crippen LogP) is 1.62. The normalized spacial score (nSPS) is 9.94. The van der Waals surface area contributed by atoms with E-state index < -0.39 is 0 Å². The van der Waals surface area contributed by atoms with Crippen molar-refractivity contribution in [3.63, 3.8) is 0 Å². The van der Waals surface area contributed by atoms with E-state index in [2.05, 4.69) is 15.3 Å².